The van der Waals surface area contributed by atoms with Crippen LogP contribution in [0.2, 0.25) is 0 Å². The van der Waals surface area contributed by atoms with Crippen molar-refractivity contribution in [2.45, 2.75) is 37.9 Å². The number of nitrogens with one attached hydrogen (secondary N) is 2. The normalized spacial score (nSPS) is 16.3. The summed E-state index contributed by atoms with van der Waals surface area (Å²) in [5.41, 5.74) is 6.80. The first-order chi connectivity index (χ1) is 15.5. The van der Waals surface area contributed by atoms with E-state index in [-0.39, 0.29) is 37.6 Å². The van der Waals surface area contributed by atoms with Crippen LogP contribution >= 0.6 is 11.8 Å². The van der Waals surface area contributed by atoms with E-state index in [0.717, 1.165) is 18.4 Å². The maximum atomic E-state index is 12.6. The number of nitrogens with two attached hydrogens (primary N) is 1. The SMILES string of the molecule is CSCCC(NC(=O)CNCc1ccccc1C#N)C(=O)OC[C@@H]1CCCN1C(=O)CN. The molecule has 0 radical (unpaired) electrons. The van der Waals surface area contributed by atoms with E-state index in [4.69, 9.17) is 15.7 Å². The van der Waals surface area contributed by atoms with Gasteiger partial charge >= 0.3 is 5.97 Å². The highest BCUT2D eigenvalue weighted by molar-refractivity contribution is 7.98. The van der Waals surface area contributed by atoms with Gasteiger partial charge in [0.05, 0.1) is 30.8 Å². The fourth-order valence-corrected chi connectivity index (χ4v) is 4.03. The van der Waals surface area contributed by atoms with Crippen LogP contribution in [0.25, 0.3) is 0 Å². The van der Waals surface area contributed by atoms with Gasteiger partial charge in [0.25, 0.3) is 0 Å². The van der Waals surface area contributed by atoms with Crippen LogP contribution in [-0.2, 0) is 25.7 Å². The van der Waals surface area contributed by atoms with E-state index < -0.39 is 12.0 Å². The average Bonchev–Trinajstić information content (AvgIpc) is 3.28. The second-order valence-corrected chi connectivity index (χ2v) is 8.48. The number of carbonyl (C=O) groups is 3. The minimum absolute atomic E-state index is 0.00418. The van der Waals surface area contributed by atoms with Gasteiger partial charge in [-0.25, -0.2) is 4.79 Å². The number of thioether (sulfide) groups is 1. The number of carbonyl (C=O) groups excluding carboxylic acids is 3. The van der Waals surface area contributed by atoms with E-state index in [0.29, 0.717) is 30.8 Å². The molecule has 32 heavy (non-hydrogen) atoms. The summed E-state index contributed by atoms with van der Waals surface area (Å²) in [4.78, 5) is 38.6. The Morgan fingerprint density at radius 2 is 2.16 bits per heavy atom. The lowest BCUT2D eigenvalue weighted by Gasteiger charge is -2.25. The van der Waals surface area contributed by atoms with E-state index in [1.54, 1.807) is 28.8 Å². The summed E-state index contributed by atoms with van der Waals surface area (Å²) >= 11 is 1.57. The molecule has 1 unspecified atom stereocenters. The first-order valence-corrected chi connectivity index (χ1v) is 12.0. The largest absolute Gasteiger partial charge is 0.462 e. The predicted molar refractivity (Wildman–Crippen MR) is 123 cm³/mol. The molecule has 2 rings (SSSR count). The van der Waals surface area contributed by atoms with Crippen LogP contribution < -0.4 is 16.4 Å². The zero-order chi connectivity index (χ0) is 23.3. The van der Waals surface area contributed by atoms with Crippen molar-refractivity contribution in [2.75, 3.05) is 38.2 Å². The van der Waals surface area contributed by atoms with Gasteiger partial charge in [0.15, 0.2) is 0 Å². The third kappa shape index (κ3) is 7.82. The molecule has 0 aliphatic carbocycles. The quantitative estimate of drug-likeness (QED) is 0.380. The highest BCUT2D eigenvalue weighted by atomic mass is 32.2. The molecule has 4 N–H and O–H groups in total. The minimum Gasteiger partial charge on any atom is -0.462 e. The Hall–Kier alpha value is -2.61. The standard InChI is InChI=1S/C22H31N5O4S/c1-32-10-8-19(22(30)31-15-18-7-4-9-27(18)21(29)12-24)26-20(28)14-25-13-17-6-3-2-5-16(17)11-23/h2-3,5-6,18-19,25H,4,7-10,12-15,24H2,1H3,(H,26,28)/t18-,19?/m0/s1. The molecular weight excluding hydrogens is 430 g/mol. The highest BCUT2D eigenvalue weighted by Crippen LogP contribution is 2.18. The summed E-state index contributed by atoms with van der Waals surface area (Å²) in [7, 11) is 0. The molecule has 1 saturated heterocycles. The van der Waals surface area contributed by atoms with Gasteiger partial charge in [0.2, 0.25) is 11.8 Å². The summed E-state index contributed by atoms with van der Waals surface area (Å²) in [5, 5.41) is 14.9. The van der Waals surface area contributed by atoms with Crippen molar-refractivity contribution in [3.05, 3.63) is 35.4 Å². The van der Waals surface area contributed by atoms with Gasteiger partial charge < -0.3 is 26.0 Å². The fourth-order valence-electron chi connectivity index (χ4n) is 3.56. The molecule has 1 heterocycles. The lowest BCUT2D eigenvalue weighted by atomic mass is 10.1. The lowest BCUT2D eigenvalue weighted by Crippen LogP contribution is -2.47. The summed E-state index contributed by atoms with van der Waals surface area (Å²) in [5.74, 6) is -0.304. The molecule has 1 aliphatic rings. The number of esters is 1. The molecule has 2 amide bonds. The van der Waals surface area contributed by atoms with Crippen LogP contribution in [0.4, 0.5) is 0 Å². The zero-order valence-corrected chi connectivity index (χ0v) is 19.2. The maximum Gasteiger partial charge on any atom is 0.328 e. The van der Waals surface area contributed by atoms with Crippen molar-refractivity contribution in [3.8, 4) is 6.07 Å². The third-order valence-electron chi connectivity index (χ3n) is 5.26. The Morgan fingerprint density at radius 1 is 1.38 bits per heavy atom. The number of hydrogen-bond acceptors (Lipinski definition) is 8. The smallest absolute Gasteiger partial charge is 0.328 e. The van der Waals surface area contributed by atoms with Gasteiger partial charge in [0, 0.05) is 13.1 Å². The average molecular weight is 462 g/mol. The Balaban J connectivity index is 1.84. The van der Waals surface area contributed by atoms with Gasteiger partial charge in [-0.05, 0) is 42.9 Å². The molecule has 0 aromatic heterocycles. The molecule has 9 nitrogen and oxygen atoms in total. The summed E-state index contributed by atoms with van der Waals surface area (Å²) < 4.78 is 5.46. The maximum absolute atomic E-state index is 12.6. The monoisotopic (exact) mass is 461 g/mol. The molecule has 1 aliphatic heterocycles. The van der Waals surface area contributed by atoms with Crippen molar-refractivity contribution >= 4 is 29.5 Å². The van der Waals surface area contributed by atoms with Gasteiger partial charge in [0.1, 0.15) is 12.6 Å². The first kappa shape index (κ1) is 25.6. The molecule has 0 spiro atoms. The number of rotatable bonds is 12. The van der Waals surface area contributed by atoms with Crippen LogP contribution in [0, 0.1) is 11.3 Å². The number of nitriles is 1. The molecule has 1 aromatic rings. The number of nitrogens with zero attached hydrogens (tertiary/aromatic N) is 2. The lowest BCUT2D eigenvalue weighted by molar-refractivity contribution is -0.150. The van der Waals surface area contributed by atoms with Crippen molar-refractivity contribution < 1.29 is 19.1 Å². The Morgan fingerprint density at radius 3 is 2.88 bits per heavy atom. The van der Waals surface area contributed by atoms with Crippen molar-refractivity contribution in [2.24, 2.45) is 5.73 Å². The van der Waals surface area contributed by atoms with E-state index in [9.17, 15) is 14.4 Å². The van der Waals surface area contributed by atoms with Crippen molar-refractivity contribution in [1.82, 2.24) is 15.5 Å². The molecule has 0 bridgehead atoms. The molecule has 1 fully saturated rings. The van der Waals surface area contributed by atoms with Crippen LogP contribution in [0.3, 0.4) is 0 Å². The zero-order valence-electron chi connectivity index (χ0n) is 18.3. The number of benzene rings is 1. The van der Waals surface area contributed by atoms with Crippen molar-refractivity contribution in [3.63, 3.8) is 0 Å². The molecule has 1 aromatic carbocycles. The third-order valence-corrected chi connectivity index (χ3v) is 5.90. The van der Waals surface area contributed by atoms with E-state index in [2.05, 4.69) is 16.7 Å². The second-order valence-electron chi connectivity index (χ2n) is 7.49. The predicted octanol–water partition coefficient (Wildman–Crippen LogP) is 0.379. The van der Waals surface area contributed by atoms with Gasteiger partial charge in [-0.3, -0.25) is 9.59 Å². The van der Waals surface area contributed by atoms with Crippen LogP contribution in [0.15, 0.2) is 24.3 Å². The van der Waals surface area contributed by atoms with E-state index >= 15 is 0 Å². The first-order valence-electron chi connectivity index (χ1n) is 10.6. The molecule has 10 heteroatoms. The van der Waals surface area contributed by atoms with Crippen molar-refractivity contribution in [1.29, 1.82) is 5.26 Å². The molecule has 2 atom stereocenters. The number of ether oxygens (including phenoxy) is 1. The van der Waals surface area contributed by atoms with Gasteiger partial charge in [-0.2, -0.15) is 17.0 Å². The van der Waals surface area contributed by atoms with Crippen LogP contribution in [0.5, 0.6) is 0 Å². The van der Waals surface area contributed by atoms with Crippen LogP contribution in [0.1, 0.15) is 30.4 Å². The topological polar surface area (TPSA) is 138 Å². The number of likely N-dealkylation sites (tertiary alicyclic amines) is 1. The Bertz CT molecular complexity index is 829. The van der Waals surface area contributed by atoms with Crippen LogP contribution in [-0.4, -0.2) is 73.0 Å². The molecule has 174 valence electrons. The Kier molecular flexibility index (Phi) is 11.0. The highest BCUT2D eigenvalue weighted by Gasteiger charge is 2.30. The second kappa shape index (κ2) is 13.7. The summed E-state index contributed by atoms with van der Waals surface area (Å²) in [6.07, 6.45) is 3.97. The number of amides is 2. The summed E-state index contributed by atoms with van der Waals surface area (Å²) in [6.45, 7) is 1.02. The molecule has 0 saturated carbocycles. The Labute approximate surface area is 193 Å². The molecular formula is C22H31N5O4S. The van der Waals surface area contributed by atoms with Gasteiger partial charge in [-0.15, -0.1) is 0 Å². The number of hydrogen-bond donors (Lipinski definition) is 3. The van der Waals surface area contributed by atoms with E-state index in [1.807, 2.05) is 18.4 Å². The van der Waals surface area contributed by atoms with E-state index in [1.165, 1.54) is 0 Å². The fraction of sp³-hybridized carbons (Fsp3) is 0.545. The summed E-state index contributed by atoms with van der Waals surface area (Å²) in [6, 6.07) is 8.35. The minimum atomic E-state index is -0.761. The van der Waals surface area contributed by atoms with Gasteiger partial charge in [-0.1, -0.05) is 18.2 Å².